The summed E-state index contributed by atoms with van der Waals surface area (Å²) in [7, 11) is -3.19. The van der Waals surface area contributed by atoms with E-state index < -0.39 is 10.0 Å². The molecule has 1 aliphatic heterocycles. The quantitative estimate of drug-likeness (QED) is 0.792. The molecule has 1 unspecified atom stereocenters. The molecule has 17 heavy (non-hydrogen) atoms. The third-order valence-corrected chi connectivity index (χ3v) is 5.48. The van der Waals surface area contributed by atoms with Crippen LogP contribution >= 0.6 is 12.2 Å². The summed E-state index contributed by atoms with van der Waals surface area (Å²) in [5, 5.41) is 0. The summed E-state index contributed by atoms with van der Waals surface area (Å²) >= 11 is 4.96. The molecular formula is C11H22N2O2S2. The third-order valence-electron chi connectivity index (χ3n) is 2.80. The summed E-state index contributed by atoms with van der Waals surface area (Å²) in [6.07, 6.45) is 1.74. The highest BCUT2D eigenvalue weighted by molar-refractivity contribution is 7.89. The van der Waals surface area contributed by atoms with Crippen LogP contribution in [0.1, 0.15) is 33.6 Å². The van der Waals surface area contributed by atoms with Gasteiger partial charge in [0.2, 0.25) is 10.0 Å². The molecule has 0 saturated carbocycles. The molecule has 1 fully saturated rings. The van der Waals surface area contributed by atoms with E-state index in [0.717, 1.165) is 12.8 Å². The maximum absolute atomic E-state index is 12.2. The number of nitrogens with zero attached hydrogens (tertiary/aromatic N) is 1. The van der Waals surface area contributed by atoms with Crippen molar-refractivity contribution in [2.45, 2.75) is 33.6 Å². The zero-order chi connectivity index (χ0) is 13.3. The first-order chi connectivity index (χ1) is 7.62. The van der Waals surface area contributed by atoms with E-state index in [2.05, 4.69) is 0 Å². The molecule has 0 spiro atoms. The largest absolute Gasteiger partial charge is 0.393 e. The molecule has 0 bridgehead atoms. The van der Waals surface area contributed by atoms with Crippen LogP contribution in [0.5, 0.6) is 0 Å². The molecule has 0 aliphatic carbocycles. The molecule has 4 nitrogen and oxygen atoms in total. The molecule has 1 atom stereocenters. The maximum Gasteiger partial charge on any atom is 0.214 e. The van der Waals surface area contributed by atoms with Crippen LogP contribution in [0.4, 0.5) is 0 Å². The molecule has 1 rings (SSSR count). The first-order valence-corrected chi connectivity index (χ1v) is 7.91. The minimum absolute atomic E-state index is 0.0356. The number of rotatable bonds is 3. The average molecular weight is 278 g/mol. The van der Waals surface area contributed by atoms with Gasteiger partial charge in [-0.1, -0.05) is 33.0 Å². The lowest BCUT2D eigenvalue weighted by molar-refractivity contribution is 0.306. The highest BCUT2D eigenvalue weighted by atomic mass is 32.2. The van der Waals surface area contributed by atoms with E-state index in [4.69, 9.17) is 18.0 Å². The van der Waals surface area contributed by atoms with Crippen molar-refractivity contribution in [3.8, 4) is 0 Å². The summed E-state index contributed by atoms with van der Waals surface area (Å²) in [5.41, 5.74) is 5.38. The number of piperidine rings is 1. The van der Waals surface area contributed by atoms with Gasteiger partial charge >= 0.3 is 0 Å². The van der Waals surface area contributed by atoms with Gasteiger partial charge in [-0.25, -0.2) is 12.7 Å². The monoisotopic (exact) mass is 278 g/mol. The van der Waals surface area contributed by atoms with E-state index in [9.17, 15) is 8.42 Å². The molecule has 1 saturated heterocycles. The number of hydrogen-bond donors (Lipinski definition) is 1. The zero-order valence-corrected chi connectivity index (χ0v) is 12.4. The smallest absolute Gasteiger partial charge is 0.214 e. The minimum atomic E-state index is -3.19. The molecule has 0 radical (unpaired) electrons. The van der Waals surface area contributed by atoms with Gasteiger partial charge in [-0.05, 0) is 18.3 Å². The molecular weight excluding hydrogens is 256 g/mol. The summed E-state index contributed by atoms with van der Waals surface area (Å²) in [5.74, 6) is 0.206. The van der Waals surface area contributed by atoms with Gasteiger partial charge in [-0.2, -0.15) is 0 Å². The summed E-state index contributed by atoms with van der Waals surface area (Å²) < 4.78 is 26.0. The molecule has 1 aliphatic rings. The third kappa shape index (κ3) is 4.52. The fraction of sp³-hybridized carbons (Fsp3) is 0.909. The van der Waals surface area contributed by atoms with Crippen molar-refractivity contribution in [1.82, 2.24) is 4.31 Å². The lowest BCUT2D eigenvalue weighted by Gasteiger charge is -2.33. The van der Waals surface area contributed by atoms with Gasteiger partial charge in [0.1, 0.15) is 0 Å². The van der Waals surface area contributed by atoms with Crippen molar-refractivity contribution < 1.29 is 8.42 Å². The van der Waals surface area contributed by atoms with Crippen molar-refractivity contribution in [1.29, 1.82) is 0 Å². The van der Waals surface area contributed by atoms with Crippen LogP contribution in [-0.4, -0.2) is 36.6 Å². The van der Waals surface area contributed by atoms with Crippen molar-refractivity contribution in [2.24, 2.45) is 17.1 Å². The molecule has 0 aromatic carbocycles. The van der Waals surface area contributed by atoms with Gasteiger partial charge in [0.25, 0.3) is 0 Å². The lowest BCUT2D eigenvalue weighted by atomic mass is 10.00. The predicted octanol–water partition coefficient (Wildman–Crippen LogP) is 1.36. The Labute approximate surface area is 110 Å². The summed E-state index contributed by atoms with van der Waals surface area (Å²) in [6, 6.07) is 0. The van der Waals surface area contributed by atoms with Crippen LogP contribution < -0.4 is 5.73 Å². The molecule has 6 heteroatoms. The highest BCUT2D eigenvalue weighted by Gasteiger charge is 2.32. The first-order valence-electron chi connectivity index (χ1n) is 5.89. The van der Waals surface area contributed by atoms with E-state index in [0.29, 0.717) is 18.1 Å². The highest BCUT2D eigenvalue weighted by Crippen LogP contribution is 2.24. The van der Waals surface area contributed by atoms with Crippen molar-refractivity contribution in [3.05, 3.63) is 0 Å². The van der Waals surface area contributed by atoms with E-state index in [1.54, 1.807) is 4.31 Å². The Bertz CT molecular complexity index is 385. The second-order valence-corrected chi connectivity index (χ2v) is 8.36. The van der Waals surface area contributed by atoms with Gasteiger partial charge in [-0.15, -0.1) is 0 Å². The summed E-state index contributed by atoms with van der Waals surface area (Å²) in [4.78, 5) is 0.431. The second-order valence-electron chi connectivity index (χ2n) is 5.92. The molecule has 100 valence electrons. The van der Waals surface area contributed by atoms with Gasteiger partial charge in [0, 0.05) is 19.0 Å². The van der Waals surface area contributed by atoms with Gasteiger partial charge < -0.3 is 5.73 Å². The van der Waals surface area contributed by atoms with E-state index in [1.165, 1.54) is 0 Å². The van der Waals surface area contributed by atoms with Crippen LogP contribution in [-0.2, 0) is 10.0 Å². The number of sulfonamides is 1. The van der Waals surface area contributed by atoms with E-state index in [1.807, 2.05) is 20.8 Å². The number of hydrogen-bond acceptors (Lipinski definition) is 3. The Balaban J connectivity index is 2.75. The van der Waals surface area contributed by atoms with Gasteiger partial charge in [-0.3, -0.25) is 0 Å². The van der Waals surface area contributed by atoms with Crippen molar-refractivity contribution in [3.63, 3.8) is 0 Å². The van der Waals surface area contributed by atoms with Crippen molar-refractivity contribution >= 4 is 27.2 Å². The van der Waals surface area contributed by atoms with E-state index in [-0.39, 0.29) is 17.1 Å². The number of thiocarbonyl (C=S) groups is 1. The molecule has 1 heterocycles. The Morgan fingerprint density at radius 1 is 1.47 bits per heavy atom. The Hall–Kier alpha value is -0.200. The standard InChI is InChI=1S/C11H22N2O2S2/c1-11(2,3)8-17(14,15)13-6-4-5-9(7-13)10(12)16/h9H,4-8H2,1-3H3,(H2,12,16). The molecule has 0 aromatic heterocycles. The topological polar surface area (TPSA) is 63.4 Å². The minimum Gasteiger partial charge on any atom is -0.393 e. The predicted molar refractivity (Wildman–Crippen MR) is 74.3 cm³/mol. The van der Waals surface area contributed by atoms with Gasteiger partial charge in [0.15, 0.2) is 0 Å². The lowest BCUT2D eigenvalue weighted by Crippen LogP contribution is -2.45. The molecule has 2 N–H and O–H groups in total. The fourth-order valence-corrected chi connectivity index (χ4v) is 4.35. The molecule has 0 aromatic rings. The fourth-order valence-electron chi connectivity index (χ4n) is 2.07. The maximum atomic E-state index is 12.2. The van der Waals surface area contributed by atoms with Gasteiger partial charge in [0.05, 0.1) is 10.7 Å². The SMILES string of the molecule is CC(C)(C)CS(=O)(=O)N1CCCC(C(N)=S)C1. The number of nitrogens with two attached hydrogens (primary N) is 1. The zero-order valence-electron chi connectivity index (χ0n) is 10.8. The first kappa shape index (κ1) is 14.9. The Kier molecular flexibility index (Phi) is 4.54. The second kappa shape index (κ2) is 5.20. The summed E-state index contributed by atoms with van der Waals surface area (Å²) in [6.45, 7) is 6.84. The van der Waals surface area contributed by atoms with E-state index >= 15 is 0 Å². The average Bonchev–Trinajstić information content (AvgIpc) is 2.14. The normalized spacial score (nSPS) is 23.6. The Morgan fingerprint density at radius 3 is 2.53 bits per heavy atom. The van der Waals surface area contributed by atoms with Crippen molar-refractivity contribution in [2.75, 3.05) is 18.8 Å². The Morgan fingerprint density at radius 2 is 2.06 bits per heavy atom. The van der Waals surface area contributed by atoms with Crippen LogP contribution in [0.25, 0.3) is 0 Å². The van der Waals surface area contributed by atoms with Crippen LogP contribution in [0.15, 0.2) is 0 Å². The van der Waals surface area contributed by atoms with Crippen LogP contribution in [0.3, 0.4) is 0 Å². The van der Waals surface area contributed by atoms with Crippen LogP contribution in [0, 0.1) is 11.3 Å². The van der Waals surface area contributed by atoms with Crippen LogP contribution in [0.2, 0.25) is 0 Å². The molecule has 0 amide bonds.